The van der Waals surface area contributed by atoms with Gasteiger partial charge in [-0.15, -0.1) is 0 Å². The highest BCUT2D eigenvalue weighted by Crippen LogP contribution is 2.20. The summed E-state index contributed by atoms with van der Waals surface area (Å²) >= 11 is 0. The number of imidazole rings is 1. The van der Waals surface area contributed by atoms with Crippen LogP contribution in [0.4, 0.5) is 5.69 Å². The molecule has 1 aliphatic rings. The van der Waals surface area contributed by atoms with Crippen molar-refractivity contribution in [1.82, 2.24) is 14.5 Å². The van der Waals surface area contributed by atoms with Crippen LogP contribution in [0.3, 0.4) is 0 Å². The Morgan fingerprint density at radius 3 is 2.38 bits per heavy atom. The Labute approximate surface area is 125 Å². The van der Waals surface area contributed by atoms with E-state index in [-0.39, 0.29) is 0 Å². The molecule has 5 heteroatoms. The van der Waals surface area contributed by atoms with Gasteiger partial charge in [-0.1, -0.05) is 0 Å². The maximum Gasteiger partial charge on any atom is 0.122 e. The van der Waals surface area contributed by atoms with Gasteiger partial charge in [0.25, 0.3) is 0 Å². The zero-order valence-electron chi connectivity index (χ0n) is 12.7. The minimum atomic E-state index is 0.909. The predicted octanol–water partition coefficient (Wildman–Crippen LogP) is 1.75. The summed E-state index contributed by atoms with van der Waals surface area (Å²) in [4.78, 5) is 9.29. The molecule has 0 radical (unpaired) electrons. The SMILES string of the molecule is COc1ccc(N2CCN(Cc3nccn3C)CC2)cc1. The molecule has 21 heavy (non-hydrogen) atoms. The Hall–Kier alpha value is -2.01. The van der Waals surface area contributed by atoms with Crippen LogP contribution in [0.5, 0.6) is 5.75 Å². The molecule has 2 aromatic rings. The van der Waals surface area contributed by atoms with E-state index in [9.17, 15) is 0 Å². The molecule has 3 rings (SSSR count). The van der Waals surface area contributed by atoms with Crippen LogP contribution in [0.25, 0.3) is 0 Å². The fourth-order valence-corrected chi connectivity index (χ4v) is 2.71. The van der Waals surface area contributed by atoms with Crippen molar-refractivity contribution in [2.24, 2.45) is 7.05 Å². The molecule has 0 saturated carbocycles. The molecule has 1 aliphatic heterocycles. The zero-order chi connectivity index (χ0) is 14.7. The highest BCUT2D eigenvalue weighted by Gasteiger charge is 2.18. The summed E-state index contributed by atoms with van der Waals surface area (Å²) in [5, 5.41) is 0. The summed E-state index contributed by atoms with van der Waals surface area (Å²) in [7, 11) is 3.75. The normalized spacial score (nSPS) is 16.2. The number of methoxy groups -OCH3 is 1. The zero-order valence-corrected chi connectivity index (χ0v) is 12.7. The molecule has 0 bridgehead atoms. The lowest BCUT2D eigenvalue weighted by Gasteiger charge is -2.35. The smallest absolute Gasteiger partial charge is 0.122 e. The summed E-state index contributed by atoms with van der Waals surface area (Å²) in [5.74, 6) is 2.04. The van der Waals surface area contributed by atoms with Crippen molar-refractivity contribution in [3.8, 4) is 5.75 Å². The fraction of sp³-hybridized carbons (Fsp3) is 0.438. The van der Waals surface area contributed by atoms with Crippen molar-refractivity contribution < 1.29 is 4.74 Å². The Morgan fingerprint density at radius 1 is 1.10 bits per heavy atom. The second kappa shape index (κ2) is 6.18. The molecule has 0 aliphatic carbocycles. The van der Waals surface area contributed by atoms with Gasteiger partial charge in [-0.2, -0.15) is 0 Å². The van der Waals surface area contributed by atoms with Crippen molar-refractivity contribution in [3.05, 3.63) is 42.5 Å². The number of aryl methyl sites for hydroxylation is 1. The van der Waals surface area contributed by atoms with Gasteiger partial charge < -0.3 is 14.2 Å². The summed E-state index contributed by atoms with van der Waals surface area (Å²) < 4.78 is 7.30. The summed E-state index contributed by atoms with van der Waals surface area (Å²) in [5.41, 5.74) is 1.27. The standard InChI is InChI=1S/C16H22N4O/c1-18-8-7-17-16(18)13-19-9-11-20(12-10-19)14-3-5-15(21-2)6-4-14/h3-8H,9-13H2,1-2H3. The number of aromatic nitrogens is 2. The molecule has 112 valence electrons. The Bertz CT molecular complexity index is 570. The molecule has 1 fully saturated rings. The van der Waals surface area contributed by atoms with Gasteiger partial charge >= 0.3 is 0 Å². The average molecular weight is 286 g/mol. The third-order valence-corrected chi connectivity index (χ3v) is 4.10. The van der Waals surface area contributed by atoms with Crippen LogP contribution in [0.1, 0.15) is 5.82 Å². The van der Waals surface area contributed by atoms with Crippen molar-refractivity contribution in [3.63, 3.8) is 0 Å². The summed E-state index contributed by atoms with van der Waals surface area (Å²) in [6.07, 6.45) is 3.87. The number of hydrogen-bond donors (Lipinski definition) is 0. The maximum atomic E-state index is 5.21. The van der Waals surface area contributed by atoms with Gasteiger partial charge in [-0.05, 0) is 24.3 Å². The molecule has 0 spiro atoms. The van der Waals surface area contributed by atoms with Crippen LogP contribution in [-0.4, -0.2) is 47.7 Å². The van der Waals surface area contributed by atoms with E-state index in [0.717, 1.165) is 44.3 Å². The van der Waals surface area contributed by atoms with Crippen LogP contribution in [0.15, 0.2) is 36.7 Å². The number of rotatable bonds is 4. The van der Waals surface area contributed by atoms with E-state index in [1.54, 1.807) is 7.11 Å². The predicted molar refractivity (Wildman–Crippen MR) is 83.7 cm³/mol. The monoisotopic (exact) mass is 286 g/mol. The third kappa shape index (κ3) is 3.19. The summed E-state index contributed by atoms with van der Waals surface area (Å²) in [6, 6.07) is 8.31. The fourth-order valence-electron chi connectivity index (χ4n) is 2.71. The highest BCUT2D eigenvalue weighted by molar-refractivity contribution is 5.49. The van der Waals surface area contributed by atoms with Crippen molar-refractivity contribution in [1.29, 1.82) is 0 Å². The van der Waals surface area contributed by atoms with Gasteiger partial charge in [0.15, 0.2) is 0 Å². The van der Waals surface area contributed by atoms with E-state index in [2.05, 4.69) is 38.5 Å². The van der Waals surface area contributed by atoms with Crippen molar-refractivity contribution in [2.45, 2.75) is 6.54 Å². The van der Waals surface area contributed by atoms with E-state index in [1.165, 1.54) is 5.69 Å². The quantitative estimate of drug-likeness (QED) is 0.857. The largest absolute Gasteiger partial charge is 0.497 e. The molecule has 1 aromatic carbocycles. The molecule has 0 N–H and O–H groups in total. The highest BCUT2D eigenvalue weighted by atomic mass is 16.5. The van der Waals surface area contributed by atoms with Gasteiger partial charge in [-0.25, -0.2) is 4.98 Å². The van der Waals surface area contributed by atoms with Crippen LogP contribution in [0.2, 0.25) is 0 Å². The molecule has 2 heterocycles. The van der Waals surface area contributed by atoms with Gasteiger partial charge in [0.1, 0.15) is 11.6 Å². The lowest BCUT2D eigenvalue weighted by atomic mass is 10.2. The topological polar surface area (TPSA) is 33.5 Å². The Balaban J connectivity index is 1.56. The van der Waals surface area contributed by atoms with Gasteiger partial charge in [-0.3, -0.25) is 4.90 Å². The van der Waals surface area contributed by atoms with Gasteiger partial charge in [0.05, 0.1) is 13.7 Å². The Morgan fingerprint density at radius 2 is 1.81 bits per heavy atom. The number of ether oxygens (including phenoxy) is 1. The number of piperazine rings is 1. The first-order chi connectivity index (χ1) is 10.3. The number of anilines is 1. The molecule has 5 nitrogen and oxygen atoms in total. The Kier molecular flexibility index (Phi) is 4.10. The van der Waals surface area contributed by atoms with E-state index in [0.29, 0.717) is 0 Å². The molecule has 0 amide bonds. The van der Waals surface area contributed by atoms with E-state index in [1.807, 2.05) is 24.5 Å². The van der Waals surface area contributed by atoms with E-state index >= 15 is 0 Å². The van der Waals surface area contributed by atoms with Crippen LogP contribution in [0, 0.1) is 0 Å². The van der Waals surface area contributed by atoms with E-state index in [4.69, 9.17) is 4.74 Å². The number of benzene rings is 1. The molecular weight excluding hydrogens is 264 g/mol. The van der Waals surface area contributed by atoms with Gasteiger partial charge in [0, 0.05) is 51.3 Å². The second-order valence-electron chi connectivity index (χ2n) is 5.42. The molecular formula is C16H22N4O. The van der Waals surface area contributed by atoms with Crippen LogP contribution in [-0.2, 0) is 13.6 Å². The summed E-state index contributed by atoms with van der Waals surface area (Å²) in [6.45, 7) is 5.17. The first-order valence-electron chi connectivity index (χ1n) is 7.34. The molecule has 0 unspecified atom stereocenters. The first kappa shape index (κ1) is 13.9. The van der Waals surface area contributed by atoms with Crippen molar-refractivity contribution in [2.75, 3.05) is 38.2 Å². The number of hydrogen-bond acceptors (Lipinski definition) is 4. The van der Waals surface area contributed by atoms with Crippen LogP contribution < -0.4 is 9.64 Å². The third-order valence-electron chi connectivity index (χ3n) is 4.10. The van der Waals surface area contributed by atoms with Gasteiger partial charge in [0.2, 0.25) is 0 Å². The number of nitrogens with zero attached hydrogens (tertiary/aromatic N) is 4. The van der Waals surface area contributed by atoms with Crippen LogP contribution >= 0.6 is 0 Å². The average Bonchev–Trinajstić information content (AvgIpc) is 2.93. The lowest BCUT2D eigenvalue weighted by molar-refractivity contribution is 0.242. The minimum Gasteiger partial charge on any atom is -0.497 e. The second-order valence-corrected chi connectivity index (χ2v) is 5.42. The molecule has 1 saturated heterocycles. The maximum absolute atomic E-state index is 5.21. The van der Waals surface area contributed by atoms with Crippen molar-refractivity contribution >= 4 is 5.69 Å². The molecule has 1 aromatic heterocycles. The van der Waals surface area contributed by atoms with E-state index < -0.39 is 0 Å². The lowest BCUT2D eigenvalue weighted by Crippen LogP contribution is -2.46. The first-order valence-corrected chi connectivity index (χ1v) is 7.34. The molecule has 0 atom stereocenters. The minimum absolute atomic E-state index is 0.909.